The fourth-order valence-corrected chi connectivity index (χ4v) is 4.04. The van der Waals surface area contributed by atoms with Crippen molar-refractivity contribution in [1.29, 1.82) is 0 Å². The number of carbonyl (C=O) groups excluding carboxylic acids is 1. The minimum Gasteiger partial charge on any atom is -0.497 e. The number of nitrogens with zero attached hydrogens (tertiary/aromatic N) is 4. The molecular formula is C20H27N5O3. The molecule has 1 unspecified atom stereocenters. The molecule has 3 fully saturated rings. The highest BCUT2D eigenvalue weighted by molar-refractivity contribution is 5.94. The molecule has 5 rings (SSSR count). The van der Waals surface area contributed by atoms with Crippen molar-refractivity contribution in [3.8, 4) is 22.8 Å². The minimum atomic E-state index is -0.110. The lowest BCUT2D eigenvalue weighted by molar-refractivity contribution is 0.0138. The van der Waals surface area contributed by atoms with Crippen LogP contribution >= 0.6 is 0 Å². The fourth-order valence-electron chi connectivity index (χ4n) is 4.04. The number of carbonyl (C=O) groups is 1. The number of aromatic nitrogens is 2. The molecule has 2 bridgehead atoms. The number of amides is 1. The average Bonchev–Trinajstić information content (AvgIpc) is 3.14. The standard InChI is InChI=1S/C20H27N5O3/c1-23-18(20(26)21-12-14-13-24-6-8-25(14)9-7-24)11-17(22-23)16-10-15(27-2)4-5-19(16)28-3/h4-5,10-11,14H,6-9,12-13H2,1-3H3,(H,21,26). The average molecular weight is 385 g/mol. The number of piperazine rings is 3. The van der Waals surface area contributed by atoms with Gasteiger partial charge in [-0.05, 0) is 24.3 Å². The van der Waals surface area contributed by atoms with E-state index < -0.39 is 0 Å². The number of nitrogens with one attached hydrogen (secondary N) is 1. The van der Waals surface area contributed by atoms with Crippen molar-refractivity contribution in [2.75, 3.05) is 53.5 Å². The quantitative estimate of drug-likeness (QED) is 0.794. The molecule has 0 radical (unpaired) electrons. The summed E-state index contributed by atoms with van der Waals surface area (Å²) in [6, 6.07) is 7.72. The summed E-state index contributed by atoms with van der Waals surface area (Å²) in [7, 11) is 5.02. The van der Waals surface area contributed by atoms with E-state index in [1.54, 1.807) is 32.0 Å². The van der Waals surface area contributed by atoms with E-state index in [1.807, 2.05) is 18.2 Å². The Hall–Kier alpha value is -2.58. The van der Waals surface area contributed by atoms with Gasteiger partial charge in [0.25, 0.3) is 5.91 Å². The molecule has 1 N–H and O–H groups in total. The Labute approximate surface area is 165 Å². The molecule has 0 saturated carbocycles. The van der Waals surface area contributed by atoms with Crippen LogP contribution in [0.4, 0.5) is 0 Å². The van der Waals surface area contributed by atoms with Crippen molar-refractivity contribution in [2.45, 2.75) is 6.04 Å². The number of hydrogen-bond donors (Lipinski definition) is 1. The first kappa shape index (κ1) is 18.8. The highest BCUT2D eigenvalue weighted by atomic mass is 16.5. The van der Waals surface area contributed by atoms with Crippen LogP contribution in [-0.2, 0) is 7.05 Å². The van der Waals surface area contributed by atoms with Gasteiger partial charge in [-0.3, -0.25) is 19.3 Å². The van der Waals surface area contributed by atoms with Crippen LogP contribution in [0.25, 0.3) is 11.3 Å². The first-order chi connectivity index (χ1) is 13.6. The summed E-state index contributed by atoms with van der Waals surface area (Å²) in [6.07, 6.45) is 0. The van der Waals surface area contributed by atoms with Crippen molar-refractivity contribution in [3.63, 3.8) is 0 Å². The molecule has 0 aliphatic carbocycles. The van der Waals surface area contributed by atoms with Gasteiger partial charge in [0.2, 0.25) is 0 Å². The summed E-state index contributed by atoms with van der Waals surface area (Å²) in [5.74, 6) is 1.29. The number of methoxy groups -OCH3 is 2. The lowest BCUT2D eigenvalue weighted by atomic mass is 10.1. The van der Waals surface area contributed by atoms with Crippen LogP contribution in [0.5, 0.6) is 11.5 Å². The van der Waals surface area contributed by atoms with E-state index >= 15 is 0 Å². The Morgan fingerprint density at radius 1 is 1.18 bits per heavy atom. The smallest absolute Gasteiger partial charge is 0.269 e. The van der Waals surface area contributed by atoms with Crippen molar-refractivity contribution in [3.05, 3.63) is 30.0 Å². The molecule has 0 spiro atoms. The summed E-state index contributed by atoms with van der Waals surface area (Å²) >= 11 is 0. The van der Waals surface area contributed by atoms with E-state index in [9.17, 15) is 4.79 Å². The molecule has 1 amide bonds. The summed E-state index contributed by atoms with van der Waals surface area (Å²) in [6.45, 7) is 6.13. The molecule has 3 aliphatic rings. The Morgan fingerprint density at radius 2 is 1.96 bits per heavy atom. The van der Waals surface area contributed by atoms with Gasteiger partial charge in [0.05, 0.1) is 19.9 Å². The number of hydrogen-bond acceptors (Lipinski definition) is 6. The molecule has 1 atom stereocenters. The zero-order chi connectivity index (χ0) is 19.7. The second-order valence-corrected chi connectivity index (χ2v) is 7.31. The molecular weight excluding hydrogens is 358 g/mol. The van der Waals surface area contributed by atoms with Gasteiger partial charge in [0.15, 0.2) is 0 Å². The topological polar surface area (TPSA) is 71.9 Å². The van der Waals surface area contributed by atoms with Crippen molar-refractivity contribution in [1.82, 2.24) is 24.9 Å². The Balaban J connectivity index is 1.49. The van der Waals surface area contributed by atoms with Gasteiger partial charge in [0, 0.05) is 57.9 Å². The van der Waals surface area contributed by atoms with Crippen LogP contribution in [0.15, 0.2) is 24.3 Å². The summed E-state index contributed by atoms with van der Waals surface area (Å²) < 4.78 is 12.4. The largest absolute Gasteiger partial charge is 0.497 e. The zero-order valence-corrected chi connectivity index (χ0v) is 16.6. The monoisotopic (exact) mass is 385 g/mol. The SMILES string of the molecule is COc1ccc(OC)c(-c2cc(C(=O)NCC3CN4CCN3CC4)n(C)n2)c1. The van der Waals surface area contributed by atoms with Gasteiger partial charge >= 0.3 is 0 Å². The van der Waals surface area contributed by atoms with Crippen molar-refractivity contribution >= 4 is 5.91 Å². The molecule has 8 heteroatoms. The number of aryl methyl sites for hydroxylation is 1. The molecule has 150 valence electrons. The van der Waals surface area contributed by atoms with Crippen LogP contribution < -0.4 is 14.8 Å². The van der Waals surface area contributed by atoms with E-state index in [-0.39, 0.29) is 5.91 Å². The highest BCUT2D eigenvalue weighted by Crippen LogP contribution is 2.32. The Morgan fingerprint density at radius 3 is 2.61 bits per heavy atom. The van der Waals surface area contributed by atoms with E-state index in [4.69, 9.17) is 9.47 Å². The van der Waals surface area contributed by atoms with E-state index in [0.29, 0.717) is 35.5 Å². The molecule has 3 saturated heterocycles. The molecule has 3 aliphatic heterocycles. The summed E-state index contributed by atoms with van der Waals surface area (Å²) in [5, 5.41) is 7.61. The highest BCUT2D eigenvalue weighted by Gasteiger charge is 2.32. The second kappa shape index (κ2) is 7.81. The predicted octanol–water partition coefficient (Wildman–Crippen LogP) is 0.834. The molecule has 4 heterocycles. The maximum atomic E-state index is 12.8. The second-order valence-electron chi connectivity index (χ2n) is 7.31. The maximum Gasteiger partial charge on any atom is 0.269 e. The number of ether oxygens (including phenoxy) is 2. The number of fused-ring (bicyclic) bond motifs is 3. The Bertz CT molecular complexity index is 858. The van der Waals surface area contributed by atoms with Crippen LogP contribution in [0, 0.1) is 0 Å². The summed E-state index contributed by atoms with van der Waals surface area (Å²) in [4.78, 5) is 17.7. The Kier molecular flexibility index (Phi) is 5.23. The molecule has 8 nitrogen and oxygen atoms in total. The minimum absolute atomic E-state index is 0.110. The van der Waals surface area contributed by atoms with Crippen molar-refractivity contribution < 1.29 is 14.3 Å². The third kappa shape index (κ3) is 3.57. The van der Waals surface area contributed by atoms with Crippen LogP contribution in [0.2, 0.25) is 0 Å². The first-order valence-corrected chi connectivity index (χ1v) is 9.60. The lowest BCUT2D eigenvalue weighted by Crippen LogP contribution is -2.63. The zero-order valence-electron chi connectivity index (χ0n) is 16.6. The fraction of sp³-hybridized carbons (Fsp3) is 0.500. The number of rotatable bonds is 6. The number of benzene rings is 1. The molecule has 28 heavy (non-hydrogen) atoms. The third-order valence-electron chi connectivity index (χ3n) is 5.69. The van der Waals surface area contributed by atoms with Crippen LogP contribution in [0.3, 0.4) is 0 Å². The maximum absolute atomic E-state index is 12.8. The van der Waals surface area contributed by atoms with E-state index in [1.165, 1.54) is 0 Å². The van der Waals surface area contributed by atoms with Crippen LogP contribution in [-0.4, -0.2) is 85.0 Å². The first-order valence-electron chi connectivity index (χ1n) is 9.60. The molecule has 2 aromatic rings. The third-order valence-corrected chi connectivity index (χ3v) is 5.69. The van der Waals surface area contributed by atoms with E-state index in [0.717, 1.165) is 38.3 Å². The van der Waals surface area contributed by atoms with Gasteiger partial charge in [0.1, 0.15) is 17.2 Å². The van der Waals surface area contributed by atoms with Gasteiger partial charge < -0.3 is 14.8 Å². The van der Waals surface area contributed by atoms with Gasteiger partial charge in [-0.15, -0.1) is 0 Å². The van der Waals surface area contributed by atoms with Gasteiger partial charge in [-0.1, -0.05) is 0 Å². The van der Waals surface area contributed by atoms with Gasteiger partial charge in [-0.25, -0.2) is 0 Å². The molecule has 1 aromatic heterocycles. The normalized spacial score (nSPS) is 23.5. The van der Waals surface area contributed by atoms with Crippen LogP contribution in [0.1, 0.15) is 10.5 Å². The van der Waals surface area contributed by atoms with Gasteiger partial charge in [-0.2, -0.15) is 5.10 Å². The predicted molar refractivity (Wildman–Crippen MR) is 106 cm³/mol. The van der Waals surface area contributed by atoms with E-state index in [2.05, 4.69) is 20.2 Å². The van der Waals surface area contributed by atoms with Crippen molar-refractivity contribution in [2.24, 2.45) is 7.05 Å². The lowest BCUT2D eigenvalue weighted by Gasteiger charge is -2.47. The molecule has 1 aromatic carbocycles. The summed E-state index contributed by atoms with van der Waals surface area (Å²) in [5.41, 5.74) is 1.99.